The molecule has 2 N–H and O–H groups in total. The first kappa shape index (κ1) is 16.5. The van der Waals surface area contributed by atoms with Gasteiger partial charge in [-0.2, -0.15) is 0 Å². The topological polar surface area (TPSA) is 78.4 Å². The minimum absolute atomic E-state index is 0.303. The summed E-state index contributed by atoms with van der Waals surface area (Å²) in [6.07, 6.45) is 1.29. The molecule has 0 aliphatic carbocycles. The summed E-state index contributed by atoms with van der Waals surface area (Å²) in [6, 6.07) is 0. The fourth-order valence-electron chi connectivity index (χ4n) is 2.50. The molecule has 1 aromatic rings. The molecule has 1 aliphatic heterocycles. The Morgan fingerprint density at radius 1 is 1.33 bits per heavy atom. The molecule has 2 heterocycles. The van der Waals surface area contributed by atoms with Crippen LogP contribution in [0.4, 0.5) is 0 Å². The van der Waals surface area contributed by atoms with E-state index in [0.29, 0.717) is 25.2 Å². The van der Waals surface area contributed by atoms with Crippen molar-refractivity contribution in [3.8, 4) is 0 Å². The van der Waals surface area contributed by atoms with Gasteiger partial charge in [0.05, 0.1) is 18.8 Å². The van der Waals surface area contributed by atoms with Gasteiger partial charge in [0.15, 0.2) is 5.82 Å². The summed E-state index contributed by atoms with van der Waals surface area (Å²) in [6.45, 7) is 7.81. The molecule has 2 atom stereocenters. The maximum absolute atomic E-state index is 5.99. The summed E-state index contributed by atoms with van der Waals surface area (Å²) < 4.78 is 12.3. The van der Waals surface area contributed by atoms with Crippen molar-refractivity contribution >= 4 is 11.8 Å². The van der Waals surface area contributed by atoms with Crippen LogP contribution >= 0.6 is 11.8 Å². The van der Waals surface area contributed by atoms with Gasteiger partial charge in [0.25, 0.3) is 0 Å². The molecule has 8 heteroatoms. The molecule has 0 aromatic carbocycles. The Bertz CT molecular complexity index is 432. The Balaban J connectivity index is 1.77. The van der Waals surface area contributed by atoms with E-state index >= 15 is 0 Å². The van der Waals surface area contributed by atoms with Gasteiger partial charge in [-0.25, -0.2) is 4.68 Å². The van der Waals surface area contributed by atoms with Gasteiger partial charge in [0.1, 0.15) is 0 Å². The molecule has 2 rings (SSSR count). The molecule has 0 bridgehead atoms. The number of morpholine rings is 1. The second kappa shape index (κ2) is 7.98. The first-order valence-electron chi connectivity index (χ1n) is 7.29. The molecule has 120 valence electrons. The minimum Gasteiger partial charge on any atom is -0.384 e. The molecule has 0 radical (unpaired) electrons. The third-order valence-corrected chi connectivity index (χ3v) is 4.32. The quantitative estimate of drug-likeness (QED) is 0.576. The van der Waals surface area contributed by atoms with Gasteiger partial charge in [-0.3, -0.25) is 4.90 Å². The summed E-state index contributed by atoms with van der Waals surface area (Å²) in [7, 11) is 1.66. The van der Waals surface area contributed by atoms with E-state index in [1.54, 1.807) is 23.5 Å². The summed E-state index contributed by atoms with van der Waals surface area (Å²) in [4.78, 5) is 2.43. The van der Waals surface area contributed by atoms with Crippen LogP contribution in [0.1, 0.15) is 19.7 Å². The number of ether oxygens (including phenoxy) is 2. The molecule has 1 fully saturated rings. The van der Waals surface area contributed by atoms with Crippen LogP contribution in [0.2, 0.25) is 0 Å². The van der Waals surface area contributed by atoms with Gasteiger partial charge in [0.2, 0.25) is 5.16 Å². The lowest BCUT2D eigenvalue weighted by atomic mass is 10.2. The lowest BCUT2D eigenvalue weighted by molar-refractivity contribution is -0.0661. The molecular weight excluding hydrogens is 290 g/mol. The molecule has 1 aliphatic rings. The Kier molecular flexibility index (Phi) is 6.28. The summed E-state index contributed by atoms with van der Waals surface area (Å²) in [5.41, 5.74) is 0. The fraction of sp³-hybridized carbons (Fsp3) is 0.846. The van der Waals surface area contributed by atoms with E-state index in [2.05, 4.69) is 28.9 Å². The van der Waals surface area contributed by atoms with Crippen LogP contribution in [0, 0.1) is 0 Å². The summed E-state index contributed by atoms with van der Waals surface area (Å²) in [5, 5.41) is 8.99. The monoisotopic (exact) mass is 315 g/mol. The van der Waals surface area contributed by atoms with Crippen LogP contribution < -0.4 is 5.84 Å². The van der Waals surface area contributed by atoms with Crippen LogP contribution in [0.15, 0.2) is 5.16 Å². The summed E-state index contributed by atoms with van der Waals surface area (Å²) >= 11 is 1.64. The molecule has 0 amide bonds. The van der Waals surface area contributed by atoms with Crippen LogP contribution in [0.25, 0.3) is 0 Å². The number of aromatic nitrogens is 3. The minimum atomic E-state index is 0.303. The zero-order chi connectivity index (χ0) is 15.2. The van der Waals surface area contributed by atoms with Crippen molar-refractivity contribution < 1.29 is 9.47 Å². The Labute approximate surface area is 130 Å². The van der Waals surface area contributed by atoms with Crippen molar-refractivity contribution in [2.24, 2.45) is 0 Å². The first-order chi connectivity index (χ1) is 10.1. The van der Waals surface area contributed by atoms with E-state index in [1.165, 1.54) is 0 Å². The van der Waals surface area contributed by atoms with Crippen LogP contribution in [-0.4, -0.2) is 71.1 Å². The molecule has 0 spiro atoms. The lowest BCUT2D eigenvalue weighted by Gasteiger charge is -2.35. The Hall–Kier alpha value is -0.830. The average molecular weight is 315 g/mol. The predicted octanol–water partition coefficient (Wildman–Crippen LogP) is 0.382. The number of rotatable bonds is 7. The van der Waals surface area contributed by atoms with Crippen molar-refractivity contribution in [3.05, 3.63) is 5.82 Å². The molecule has 0 saturated carbocycles. The van der Waals surface area contributed by atoms with Gasteiger partial charge < -0.3 is 15.3 Å². The van der Waals surface area contributed by atoms with E-state index in [-0.39, 0.29) is 0 Å². The SMILES string of the molecule is COCCc1nnc(SCCN2C[C@@H](C)O[C@H](C)C2)n1N. The molecule has 1 aromatic heterocycles. The van der Waals surface area contributed by atoms with E-state index in [1.807, 2.05) is 0 Å². The van der Waals surface area contributed by atoms with Gasteiger partial charge in [-0.15, -0.1) is 10.2 Å². The third-order valence-electron chi connectivity index (χ3n) is 3.40. The normalized spacial score (nSPS) is 23.6. The molecule has 1 saturated heterocycles. The maximum atomic E-state index is 5.99. The zero-order valence-electron chi connectivity index (χ0n) is 13.0. The van der Waals surface area contributed by atoms with Gasteiger partial charge in [0, 0.05) is 38.9 Å². The van der Waals surface area contributed by atoms with Gasteiger partial charge >= 0.3 is 0 Å². The Morgan fingerprint density at radius 2 is 2.05 bits per heavy atom. The van der Waals surface area contributed by atoms with Crippen molar-refractivity contribution in [2.75, 3.05) is 44.9 Å². The van der Waals surface area contributed by atoms with Crippen LogP contribution in [0.3, 0.4) is 0 Å². The highest BCUT2D eigenvalue weighted by molar-refractivity contribution is 7.99. The zero-order valence-corrected chi connectivity index (χ0v) is 13.8. The van der Waals surface area contributed by atoms with Gasteiger partial charge in [-0.05, 0) is 13.8 Å². The van der Waals surface area contributed by atoms with E-state index in [4.69, 9.17) is 15.3 Å². The number of hydrogen-bond donors (Lipinski definition) is 1. The molecular formula is C13H25N5O2S. The lowest BCUT2D eigenvalue weighted by Crippen LogP contribution is -2.46. The number of thioether (sulfide) groups is 1. The fourth-order valence-corrected chi connectivity index (χ4v) is 3.38. The Morgan fingerprint density at radius 3 is 2.71 bits per heavy atom. The predicted molar refractivity (Wildman–Crippen MR) is 82.9 cm³/mol. The smallest absolute Gasteiger partial charge is 0.209 e. The first-order valence-corrected chi connectivity index (χ1v) is 8.27. The number of methoxy groups -OCH3 is 1. The highest BCUT2D eigenvalue weighted by Crippen LogP contribution is 2.16. The molecule has 0 unspecified atom stereocenters. The van der Waals surface area contributed by atoms with Crippen LogP contribution in [0.5, 0.6) is 0 Å². The van der Waals surface area contributed by atoms with E-state index in [0.717, 1.165) is 36.4 Å². The van der Waals surface area contributed by atoms with Crippen molar-refractivity contribution in [1.29, 1.82) is 0 Å². The highest BCUT2D eigenvalue weighted by Gasteiger charge is 2.21. The van der Waals surface area contributed by atoms with Crippen molar-refractivity contribution in [2.45, 2.75) is 37.6 Å². The molecule has 21 heavy (non-hydrogen) atoms. The third kappa shape index (κ3) is 4.84. The number of nitrogens with two attached hydrogens (primary N) is 1. The number of hydrogen-bond acceptors (Lipinski definition) is 7. The van der Waals surface area contributed by atoms with E-state index < -0.39 is 0 Å². The van der Waals surface area contributed by atoms with Crippen LogP contribution in [-0.2, 0) is 15.9 Å². The van der Waals surface area contributed by atoms with Crippen molar-refractivity contribution in [3.63, 3.8) is 0 Å². The van der Waals surface area contributed by atoms with Crippen molar-refractivity contribution in [1.82, 2.24) is 19.8 Å². The maximum Gasteiger partial charge on any atom is 0.209 e. The van der Waals surface area contributed by atoms with Gasteiger partial charge in [-0.1, -0.05) is 11.8 Å². The number of nitrogen functional groups attached to an aromatic ring is 1. The largest absolute Gasteiger partial charge is 0.384 e. The highest BCUT2D eigenvalue weighted by atomic mass is 32.2. The second-order valence-corrected chi connectivity index (χ2v) is 6.44. The van der Waals surface area contributed by atoms with E-state index in [9.17, 15) is 0 Å². The second-order valence-electron chi connectivity index (χ2n) is 5.38. The summed E-state index contributed by atoms with van der Waals surface area (Å²) in [5.74, 6) is 7.69. The molecule has 7 nitrogen and oxygen atoms in total. The average Bonchev–Trinajstić information content (AvgIpc) is 2.77. The number of nitrogens with zero attached hydrogens (tertiary/aromatic N) is 4. The standard InChI is InChI=1S/C13H25N5O2S/c1-10-8-17(9-11(2)20-10)5-7-21-13-16-15-12(18(13)14)4-6-19-3/h10-11H,4-9,14H2,1-3H3/t10-,11-/m1/s1.